The van der Waals surface area contributed by atoms with Crippen LogP contribution in [0.25, 0.3) is 0 Å². The van der Waals surface area contributed by atoms with Crippen LogP contribution in [0.3, 0.4) is 0 Å². The van der Waals surface area contributed by atoms with Gasteiger partial charge >= 0.3 is 0 Å². The highest BCUT2D eigenvalue weighted by Crippen LogP contribution is 1.85. The second kappa shape index (κ2) is 3.25. The third-order valence-corrected chi connectivity index (χ3v) is 0.959. The Balaban J connectivity index is 2.99. The Bertz CT molecular complexity index is 45.5. The predicted molar refractivity (Wildman–Crippen MR) is 32.0 cm³/mol. The average molecular weight is 103 g/mol. The van der Waals surface area contributed by atoms with Gasteiger partial charge in [0.05, 0.1) is 0 Å². The van der Waals surface area contributed by atoms with E-state index in [0.717, 1.165) is 5.57 Å². The molecule has 0 rings (SSSR count). The lowest BCUT2D eigenvalue weighted by Gasteiger charge is -1.89. The molecule has 0 bridgehead atoms. The van der Waals surface area contributed by atoms with E-state index in [0.29, 0.717) is 12.3 Å². The lowest BCUT2D eigenvalue weighted by Crippen LogP contribution is -2.01. The maximum absolute atomic E-state index is 5.13. The highest BCUT2D eigenvalue weighted by Gasteiger charge is 1.78. The first-order chi connectivity index (χ1) is 2.81. The van der Waals surface area contributed by atoms with Gasteiger partial charge in [-0.2, -0.15) is 12.6 Å². The normalized spacial score (nSPS) is 8.33. The largest absolute Gasteiger partial charge is 0.327 e. The van der Waals surface area contributed by atoms with E-state index in [-0.39, 0.29) is 0 Å². The highest BCUT2D eigenvalue weighted by molar-refractivity contribution is 7.80. The summed E-state index contributed by atoms with van der Waals surface area (Å²) in [6.07, 6.45) is 0. The molecule has 2 heteroatoms. The van der Waals surface area contributed by atoms with Crippen LogP contribution in [0.1, 0.15) is 0 Å². The first-order valence-corrected chi connectivity index (χ1v) is 2.42. The average Bonchev–Trinajstić information content (AvgIpc) is 1.65. The molecule has 6 heavy (non-hydrogen) atoms. The first-order valence-electron chi connectivity index (χ1n) is 1.79. The van der Waals surface area contributed by atoms with Crippen molar-refractivity contribution in [1.29, 1.82) is 0 Å². The first kappa shape index (κ1) is 6.05. The minimum atomic E-state index is 0.559. The summed E-state index contributed by atoms with van der Waals surface area (Å²) in [6.45, 7) is 4.15. The Morgan fingerprint density at radius 2 is 2.33 bits per heavy atom. The fourth-order valence-corrected chi connectivity index (χ4v) is 0.194. The Kier molecular flexibility index (Phi) is 3.28. The molecule has 0 amide bonds. The van der Waals surface area contributed by atoms with E-state index in [4.69, 9.17) is 5.73 Å². The number of nitrogens with two attached hydrogens (primary N) is 1. The fraction of sp³-hybridized carbons (Fsp3) is 0.500. The molecule has 0 aromatic heterocycles. The van der Waals surface area contributed by atoms with Gasteiger partial charge in [0.15, 0.2) is 0 Å². The van der Waals surface area contributed by atoms with Crippen LogP contribution in [0.5, 0.6) is 0 Å². The minimum absolute atomic E-state index is 0.559. The second-order valence-electron chi connectivity index (χ2n) is 1.11. The van der Waals surface area contributed by atoms with Crippen molar-refractivity contribution in [3.8, 4) is 0 Å². The number of thiol groups is 1. The molecule has 0 aromatic carbocycles. The SMILES string of the molecule is C=C(CN)CS. The summed E-state index contributed by atoms with van der Waals surface area (Å²) in [6, 6.07) is 0. The van der Waals surface area contributed by atoms with Crippen LogP contribution < -0.4 is 5.73 Å². The van der Waals surface area contributed by atoms with Gasteiger partial charge in [-0.15, -0.1) is 0 Å². The van der Waals surface area contributed by atoms with E-state index in [1.54, 1.807) is 0 Å². The van der Waals surface area contributed by atoms with Crippen LogP contribution in [0, 0.1) is 0 Å². The molecule has 0 fully saturated rings. The summed E-state index contributed by atoms with van der Waals surface area (Å²) < 4.78 is 0. The third kappa shape index (κ3) is 2.30. The van der Waals surface area contributed by atoms with E-state index in [1.165, 1.54) is 0 Å². The number of rotatable bonds is 2. The molecule has 0 heterocycles. The monoisotopic (exact) mass is 103 g/mol. The van der Waals surface area contributed by atoms with Crippen LogP contribution in [0.4, 0.5) is 0 Å². The van der Waals surface area contributed by atoms with Gasteiger partial charge < -0.3 is 5.73 Å². The fourth-order valence-electron chi connectivity index (χ4n) is 0.0645. The van der Waals surface area contributed by atoms with Crippen molar-refractivity contribution in [3.05, 3.63) is 12.2 Å². The van der Waals surface area contributed by atoms with Crippen molar-refractivity contribution >= 4 is 12.6 Å². The topological polar surface area (TPSA) is 26.0 Å². The van der Waals surface area contributed by atoms with Gasteiger partial charge in [0.2, 0.25) is 0 Å². The lowest BCUT2D eigenvalue weighted by atomic mass is 10.4. The molecule has 0 aliphatic rings. The summed E-state index contributed by atoms with van der Waals surface area (Å²) in [5.41, 5.74) is 6.12. The zero-order valence-electron chi connectivity index (χ0n) is 3.65. The van der Waals surface area contributed by atoms with Crippen molar-refractivity contribution in [3.63, 3.8) is 0 Å². The molecule has 0 saturated carbocycles. The van der Waals surface area contributed by atoms with Gasteiger partial charge in [0.1, 0.15) is 0 Å². The van der Waals surface area contributed by atoms with Gasteiger partial charge in [-0.3, -0.25) is 0 Å². The maximum atomic E-state index is 5.13. The Morgan fingerprint density at radius 1 is 1.83 bits per heavy atom. The molecule has 0 spiro atoms. The van der Waals surface area contributed by atoms with Gasteiger partial charge in [0, 0.05) is 12.3 Å². The van der Waals surface area contributed by atoms with E-state index in [2.05, 4.69) is 19.2 Å². The number of hydrogen-bond donors (Lipinski definition) is 2. The minimum Gasteiger partial charge on any atom is -0.327 e. The Hall–Kier alpha value is 0.0500. The molecule has 0 saturated heterocycles. The van der Waals surface area contributed by atoms with Crippen LogP contribution in [-0.4, -0.2) is 12.3 Å². The second-order valence-corrected chi connectivity index (χ2v) is 1.43. The summed E-state index contributed by atoms with van der Waals surface area (Å²) in [5, 5.41) is 0. The molecule has 0 aromatic rings. The van der Waals surface area contributed by atoms with Crippen LogP contribution in [0.15, 0.2) is 12.2 Å². The molecule has 0 aliphatic carbocycles. The Labute approximate surface area is 43.6 Å². The summed E-state index contributed by atoms with van der Waals surface area (Å²) in [4.78, 5) is 0. The van der Waals surface area contributed by atoms with Crippen molar-refractivity contribution < 1.29 is 0 Å². The molecule has 0 unspecified atom stereocenters. The summed E-state index contributed by atoms with van der Waals surface area (Å²) in [7, 11) is 0. The molecular formula is C4H9NS. The molecule has 0 radical (unpaired) electrons. The van der Waals surface area contributed by atoms with Crippen LogP contribution >= 0.6 is 12.6 Å². The molecule has 36 valence electrons. The number of hydrogen-bond acceptors (Lipinski definition) is 2. The maximum Gasteiger partial charge on any atom is 0.0142 e. The quantitative estimate of drug-likeness (QED) is 0.385. The van der Waals surface area contributed by atoms with Crippen molar-refractivity contribution in [2.75, 3.05) is 12.3 Å². The third-order valence-electron chi connectivity index (χ3n) is 0.512. The Morgan fingerprint density at radius 3 is 2.33 bits per heavy atom. The van der Waals surface area contributed by atoms with Gasteiger partial charge in [-0.25, -0.2) is 0 Å². The molecule has 0 atom stereocenters. The molecule has 2 N–H and O–H groups in total. The van der Waals surface area contributed by atoms with Gasteiger partial charge in [-0.05, 0) is 0 Å². The zero-order chi connectivity index (χ0) is 4.99. The summed E-state index contributed by atoms with van der Waals surface area (Å²) >= 11 is 3.92. The van der Waals surface area contributed by atoms with Gasteiger partial charge in [0.25, 0.3) is 0 Å². The van der Waals surface area contributed by atoms with Crippen molar-refractivity contribution in [2.45, 2.75) is 0 Å². The molecule has 0 aliphatic heterocycles. The van der Waals surface area contributed by atoms with E-state index < -0.39 is 0 Å². The molecule has 1 nitrogen and oxygen atoms in total. The standard InChI is InChI=1S/C4H9NS/c1-4(2-5)3-6/h6H,1-3,5H2. The van der Waals surface area contributed by atoms with Gasteiger partial charge in [-0.1, -0.05) is 12.2 Å². The smallest absolute Gasteiger partial charge is 0.0142 e. The van der Waals surface area contributed by atoms with E-state index in [9.17, 15) is 0 Å². The van der Waals surface area contributed by atoms with Crippen molar-refractivity contribution in [2.24, 2.45) is 5.73 Å². The lowest BCUT2D eigenvalue weighted by molar-refractivity contribution is 1.16. The predicted octanol–water partition coefficient (Wildman–Crippen LogP) is 0.431. The summed E-state index contributed by atoms with van der Waals surface area (Å²) in [5.74, 6) is 0.705. The van der Waals surface area contributed by atoms with E-state index in [1.807, 2.05) is 0 Å². The van der Waals surface area contributed by atoms with Crippen LogP contribution in [-0.2, 0) is 0 Å². The van der Waals surface area contributed by atoms with Crippen molar-refractivity contribution in [1.82, 2.24) is 0 Å². The zero-order valence-corrected chi connectivity index (χ0v) is 4.54. The molecular weight excluding hydrogens is 94.1 g/mol. The van der Waals surface area contributed by atoms with Crippen LogP contribution in [0.2, 0.25) is 0 Å². The highest BCUT2D eigenvalue weighted by atomic mass is 32.1. The van der Waals surface area contributed by atoms with E-state index >= 15 is 0 Å².